The third-order valence-electron chi connectivity index (χ3n) is 3.86. The van der Waals surface area contributed by atoms with E-state index in [1.807, 2.05) is 0 Å². The first kappa shape index (κ1) is 15.0. The normalized spacial score (nSPS) is 27.8. The summed E-state index contributed by atoms with van der Waals surface area (Å²) in [4.78, 5) is 41.6. The van der Waals surface area contributed by atoms with Gasteiger partial charge in [0, 0.05) is 18.6 Å². The van der Waals surface area contributed by atoms with E-state index < -0.39 is 17.5 Å². The first-order chi connectivity index (χ1) is 10.5. The lowest BCUT2D eigenvalue weighted by atomic mass is 9.83. The number of carbonyl (C=O) groups excluding carboxylic acids is 1. The molecular formula is C14H15NO7. The molecule has 8 nitrogen and oxygen atoms in total. The van der Waals surface area contributed by atoms with E-state index in [0.29, 0.717) is 12.8 Å². The number of non-ortho nitro benzene ring substituents is 1. The monoisotopic (exact) mass is 309 g/mol. The molecular weight excluding hydrogens is 294 g/mol. The average molecular weight is 309 g/mol. The molecule has 2 saturated heterocycles. The van der Waals surface area contributed by atoms with E-state index in [-0.39, 0.29) is 23.3 Å². The van der Waals surface area contributed by atoms with Crippen LogP contribution in [0.3, 0.4) is 0 Å². The molecule has 1 unspecified atom stereocenters. The van der Waals surface area contributed by atoms with Crippen LogP contribution in [0.4, 0.5) is 5.69 Å². The van der Waals surface area contributed by atoms with Gasteiger partial charge in [0.1, 0.15) is 5.78 Å². The summed E-state index contributed by atoms with van der Waals surface area (Å²) >= 11 is 0. The van der Waals surface area contributed by atoms with Crippen molar-refractivity contribution in [2.75, 3.05) is 0 Å². The van der Waals surface area contributed by atoms with Crippen LogP contribution in [-0.2, 0) is 30.8 Å². The van der Waals surface area contributed by atoms with E-state index in [9.17, 15) is 14.9 Å². The summed E-state index contributed by atoms with van der Waals surface area (Å²) in [5.74, 6) is -0.267. The highest BCUT2D eigenvalue weighted by atomic mass is 17.4. The van der Waals surface area contributed by atoms with Gasteiger partial charge in [-0.05, 0) is 24.8 Å². The Morgan fingerprint density at radius 1 is 1.18 bits per heavy atom. The van der Waals surface area contributed by atoms with E-state index >= 15 is 0 Å². The lowest BCUT2D eigenvalue weighted by Crippen LogP contribution is -2.28. The van der Waals surface area contributed by atoms with Gasteiger partial charge in [-0.1, -0.05) is 12.1 Å². The van der Waals surface area contributed by atoms with Crippen molar-refractivity contribution < 1.29 is 29.3 Å². The van der Waals surface area contributed by atoms with E-state index in [2.05, 4.69) is 0 Å². The van der Waals surface area contributed by atoms with Gasteiger partial charge < -0.3 is 4.79 Å². The van der Waals surface area contributed by atoms with Gasteiger partial charge in [0.05, 0.1) is 10.8 Å². The second-order valence-corrected chi connectivity index (χ2v) is 5.49. The highest BCUT2D eigenvalue weighted by Gasteiger charge is 2.52. The summed E-state index contributed by atoms with van der Waals surface area (Å²) < 4.78 is 0. The lowest BCUT2D eigenvalue weighted by Gasteiger charge is -2.20. The van der Waals surface area contributed by atoms with E-state index in [4.69, 9.17) is 19.6 Å². The number of nitro benzene ring substituents is 1. The smallest absolute Gasteiger partial charge is 0.269 e. The van der Waals surface area contributed by atoms with Crippen molar-refractivity contribution in [3.05, 3.63) is 39.9 Å². The zero-order valence-electron chi connectivity index (χ0n) is 11.8. The Morgan fingerprint density at radius 2 is 1.73 bits per heavy atom. The molecule has 0 radical (unpaired) electrons. The lowest BCUT2D eigenvalue weighted by molar-refractivity contribution is -0.528. The van der Waals surface area contributed by atoms with Crippen molar-refractivity contribution >= 4 is 11.5 Å². The third kappa shape index (κ3) is 3.00. The van der Waals surface area contributed by atoms with Gasteiger partial charge >= 0.3 is 0 Å². The van der Waals surface area contributed by atoms with Gasteiger partial charge in [-0.2, -0.15) is 19.6 Å². The minimum absolute atomic E-state index is 0.0335. The van der Waals surface area contributed by atoms with Crippen LogP contribution in [0.1, 0.15) is 18.9 Å². The van der Waals surface area contributed by atoms with Crippen molar-refractivity contribution in [3.63, 3.8) is 0 Å². The van der Waals surface area contributed by atoms with Gasteiger partial charge in [0.2, 0.25) is 12.6 Å². The molecule has 2 bridgehead atoms. The predicted octanol–water partition coefficient (Wildman–Crippen LogP) is 1.92. The fraction of sp³-hybridized carbons (Fsp3) is 0.500. The minimum Gasteiger partial charge on any atom is -0.300 e. The molecule has 2 aliphatic rings. The quantitative estimate of drug-likeness (QED) is 0.450. The largest absolute Gasteiger partial charge is 0.300 e. The molecule has 2 heterocycles. The van der Waals surface area contributed by atoms with E-state index in [1.165, 1.54) is 19.1 Å². The Balaban J connectivity index is 1.75. The molecule has 2 fully saturated rings. The molecule has 0 spiro atoms. The van der Waals surface area contributed by atoms with Gasteiger partial charge in [-0.3, -0.25) is 10.1 Å². The summed E-state index contributed by atoms with van der Waals surface area (Å²) in [6.45, 7) is 1.52. The van der Waals surface area contributed by atoms with Gasteiger partial charge in [-0.25, -0.2) is 0 Å². The third-order valence-corrected chi connectivity index (χ3v) is 3.86. The highest BCUT2D eigenvalue weighted by molar-refractivity contribution is 5.75. The number of nitro groups is 1. The van der Waals surface area contributed by atoms with Crippen LogP contribution in [0.2, 0.25) is 0 Å². The van der Waals surface area contributed by atoms with Crippen molar-refractivity contribution in [3.8, 4) is 0 Å². The second kappa shape index (κ2) is 6.09. The molecule has 1 aromatic carbocycles. The van der Waals surface area contributed by atoms with Crippen LogP contribution >= 0.6 is 0 Å². The maximum Gasteiger partial charge on any atom is 0.269 e. The molecule has 22 heavy (non-hydrogen) atoms. The van der Waals surface area contributed by atoms with Gasteiger partial charge in [-0.15, -0.1) is 0 Å². The topological polar surface area (TPSA) is 97.1 Å². The predicted molar refractivity (Wildman–Crippen MR) is 71.0 cm³/mol. The molecule has 0 amide bonds. The molecule has 118 valence electrons. The number of ketones is 1. The Morgan fingerprint density at radius 3 is 2.18 bits per heavy atom. The van der Waals surface area contributed by atoms with Crippen LogP contribution in [0.5, 0.6) is 0 Å². The van der Waals surface area contributed by atoms with Crippen LogP contribution in [0.15, 0.2) is 24.3 Å². The average Bonchev–Trinajstić information content (AvgIpc) is 3.06. The summed E-state index contributed by atoms with van der Waals surface area (Å²) in [6.07, 6.45) is -0.414. The second-order valence-electron chi connectivity index (χ2n) is 5.49. The molecule has 8 heteroatoms. The Labute approximate surface area is 125 Å². The molecule has 0 saturated carbocycles. The fourth-order valence-corrected chi connectivity index (χ4v) is 2.85. The van der Waals surface area contributed by atoms with Crippen LogP contribution < -0.4 is 0 Å². The molecule has 0 aliphatic carbocycles. The van der Waals surface area contributed by atoms with Crippen molar-refractivity contribution in [2.45, 2.75) is 32.3 Å². The fourth-order valence-electron chi connectivity index (χ4n) is 2.85. The standard InChI is InChI=1S/C14H15NO7/c1-8(16)6-10(12-13-19-21-14(12)22-20-13)7-9-2-4-11(5-3-9)15(17)18/h2-5,10,12-14H,6-7H2,1H3. The molecule has 3 rings (SSSR count). The number of fused-ring (bicyclic) bond motifs is 2. The Kier molecular flexibility index (Phi) is 4.16. The number of rotatable bonds is 6. The zero-order chi connectivity index (χ0) is 15.7. The van der Waals surface area contributed by atoms with E-state index in [0.717, 1.165) is 5.56 Å². The van der Waals surface area contributed by atoms with E-state index in [1.54, 1.807) is 12.1 Å². The number of hydrogen-bond acceptors (Lipinski definition) is 7. The summed E-state index contributed by atoms with van der Waals surface area (Å²) in [7, 11) is 0. The number of nitrogens with zero attached hydrogens (tertiary/aromatic N) is 1. The molecule has 1 atom stereocenters. The Hall–Kier alpha value is -1.87. The molecule has 0 N–H and O–H groups in total. The van der Waals surface area contributed by atoms with Crippen molar-refractivity contribution in [1.82, 2.24) is 0 Å². The number of Topliss-reactive ketones (excluding diaryl/α,β-unsaturated/α-hetero) is 1. The maximum absolute atomic E-state index is 11.5. The minimum atomic E-state index is -0.646. The van der Waals surface area contributed by atoms with Gasteiger partial charge in [0.25, 0.3) is 5.69 Å². The first-order valence-electron chi connectivity index (χ1n) is 6.91. The number of carbonyl (C=O) groups is 1. The van der Waals surface area contributed by atoms with Crippen molar-refractivity contribution in [2.24, 2.45) is 11.8 Å². The molecule has 1 aromatic rings. The van der Waals surface area contributed by atoms with Crippen LogP contribution in [-0.4, -0.2) is 23.3 Å². The number of hydrogen-bond donors (Lipinski definition) is 0. The summed E-state index contributed by atoms with van der Waals surface area (Å²) in [6, 6.07) is 6.27. The highest BCUT2D eigenvalue weighted by Crippen LogP contribution is 2.41. The SMILES string of the molecule is CC(=O)CC(Cc1ccc([N+](=O)[O-])cc1)C1C2OOC1OO2. The number of benzene rings is 1. The van der Waals surface area contributed by atoms with Crippen LogP contribution in [0.25, 0.3) is 0 Å². The first-order valence-corrected chi connectivity index (χ1v) is 6.91. The zero-order valence-corrected chi connectivity index (χ0v) is 11.8. The Bertz CT molecular complexity index is 553. The summed E-state index contributed by atoms with van der Waals surface area (Å²) in [5, 5.41) is 10.7. The summed E-state index contributed by atoms with van der Waals surface area (Å²) in [5.41, 5.74) is 0.925. The molecule has 0 aromatic heterocycles. The maximum atomic E-state index is 11.5. The van der Waals surface area contributed by atoms with Gasteiger partial charge in [0.15, 0.2) is 0 Å². The van der Waals surface area contributed by atoms with Crippen LogP contribution in [0, 0.1) is 22.0 Å². The van der Waals surface area contributed by atoms with Crippen molar-refractivity contribution in [1.29, 1.82) is 0 Å². The molecule has 2 aliphatic heterocycles.